The summed E-state index contributed by atoms with van der Waals surface area (Å²) in [4.78, 5) is 16.9. The molecule has 0 radical (unpaired) electrons. The molecule has 25 heavy (non-hydrogen) atoms. The summed E-state index contributed by atoms with van der Waals surface area (Å²) < 4.78 is 14.7. The van der Waals surface area contributed by atoms with Crippen molar-refractivity contribution in [2.75, 3.05) is 5.32 Å². The number of nitrogens with one attached hydrogen (secondary N) is 1. The monoisotopic (exact) mass is 374 g/mol. The van der Waals surface area contributed by atoms with Gasteiger partial charge in [0.25, 0.3) is 0 Å². The first-order chi connectivity index (χ1) is 12.1. The van der Waals surface area contributed by atoms with Gasteiger partial charge in [0.2, 0.25) is 5.91 Å². The van der Waals surface area contributed by atoms with Gasteiger partial charge in [-0.05, 0) is 24.3 Å². The first kappa shape index (κ1) is 16.3. The average Bonchev–Trinajstić information content (AvgIpc) is 3.28. The number of anilines is 1. The number of carbonyl (C=O) groups excluding carboxylic acids is 1. The van der Waals surface area contributed by atoms with Crippen LogP contribution in [0.15, 0.2) is 29.6 Å². The number of thioether (sulfide) groups is 1. The number of carbonyl (C=O) groups is 1. The molecule has 1 aliphatic heterocycles. The van der Waals surface area contributed by atoms with E-state index in [1.165, 1.54) is 23.5 Å². The molecule has 0 saturated heterocycles. The lowest BCUT2D eigenvalue weighted by molar-refractivity contribution is -0.115. The van der Waals surface area contributed by atoms with Crippen LogP contribution < -0.4 is 5.32 Å². The zero-order chi connectivity index (χ0) is 17.4. The minimum atomic E-state index is -0.276. The van der Waals surface area contributed by atoms with Crippen molar-refractivity contribution >= 4 is 34.8 Å². The van der Waals surface area contributed by atoms with Gasteiger partial charge in [-0.15, -0.1) is 11.3 Å². The van der Waals surface area contributed by atoms with E-state index in [0.717, 1.165) is 39.2 Å². The van der Waals surface area contributed by atoms with E-state index in [9.17, 15) is 9.18 Å². The minimum Gasteiger partial charge on any atom is -0.310 e. The second-order valence-corrected chi connectivity index (χ2v) is 7.61. The summed E-state index contributed by atoms with van der Waals surface area (Å²) in [5.41, 5.74) is 3.72. The highest BCUT2D eigenvalue weighted by molar-refractivity contribution is 7.98. The van der Waals surface area contributed by atoms with E-state index in [1.807, 2.05) is 12.4 Å². The molecule has 1 aromatic carbocycles. The first-order valence-electron chi connectivity index (χ1n) is 7.73. The van der Waals surface area contributed by atoms with Gasteiger partial charge in [0.05, 0.1) is 17.8 Å². The summed E-state index contributed by atoms with van der Waals surface area (Å²) in [6.07, 6.45) is 0.199. The van der Waals surface area contributed by atoms with Crippen LogP contribution in [0.2, 0.25) is 0 Å². The normalized spacial score (nSPS) is 13.0. The van der Waals surface area contributed by atoms with Crippen molar-refractivity contribution in [2.45, 2.75) is 17.9 Å². The lowest BCUT2D eigenvalue weighted by Crippen LogP contribution is -2.17. The standard InChI is InChI=1S/C17H15FN4OS2/c1-22-16(13-8-24-9-14(13)21-22)20-15(23)6-12-7-25-17(19-12)10-2-4-11(18)5-3-10/h2-5,7H,6,8-9H2,1H3,(H,20,23). The number of benzene rings is 1. The van der Waals surface area contributed by atoms with Gasteiger partial charge in [0, 0.05) is 35.1 Å². The molecule has 0 aliphatic carbocycles. The first-order valence-corrected chi connectivity index (χ1v) is 9.76. The average molecular weight is 374 g/mol. The van der Waals surface area contributed by atoms with Crippen molar-refractivity contribution < 1.29 is 9.18 Å². The highest BCUT2D eigenvalue weighted by Gasteiger charge is 2.22. The van der Waals surface area contributed by atoms with Gasteiger partial charge < -0.3 is 5.32 Å². The number of amides is 1. The van der Waals surface area contributed by atoms with E-state index in [1.54, 1.807) is 28.6 Å². The second-order valence-electron chi connectivity index (χ2n) is 5.77. The molecule has 1 N–H and O–H groups in total. The molecule has 0 bridgehead atoms. The van der Waals surface area contributed by atoms with Crippen LogP contribution in [0.5, 0.6) is 0 Å². The fourth-order valence-electron chi connectivity index (χ4n) is 2.75. The number of rotatable bonds is 4. The van der Waals surface area contributed by atoms with Gasteiger partial charge in [0.15, 0.2) is 0 Å². The fraction of sp³-hybridized carbons (Fsp3) is 0.235. The Morgan fingerprint density at radius 1 is 1.32 bits per heavy atom. The van der Waals surface area contributed by atoms with E-state index in [2.05, 4.69) is 15.4 Å². The van der Waals surface area contributed by atoms with Gasteiger partial charge in [0.1, 0.15) is 16.6 Å². The zero-order valence-corrected chi connectivity index (χ0v) is 15.1. The number of thiazole rings is 1. The van der Waals surface area contributed by atoms with E-state index in [-0.39, 0.29) is 18.1 Å². The number of hydrogen-bond donors (Lipinski definition) is 1. The predicted octanol–water partition coefficient (Wildman–Crippen LogP) is 3.61. The Labute approximate surface area is 152 Å². The molecule has 0 saturated carbocycles. The molecule has 0 unspecified atom stereocenters. The van der Waals surface area contributed by atoms with Crippen molar-refractivity contribution in [1.82, 2.24) is 14.8 Å². The van der Waals surface area contributed by atoms with Crippen molar-refractivity contribution in [3.63, 3.8) is 0 Å². The molecule has 4 rings (SSSR count). The molecule has 0 spiro atoms. The van der Waals surface area contributed by atoms with Crippen molar-refractivity contribution in [3.8, 4) is 10.6 Å². The number of hydrogen-bond acceptors (Lipinski definition) is 5. The van der Waals surface area contributed by atoms with Crippen LogP contribution in [0.3, 0.4) is 0 Å². The Morgan fingerprint density at radius 2 is 2.12 bits per heavy atom. The number of halogens is 1. The van der Waals surface area contributed by atoms with Crippen LogP contribution in [-0.4, -0.2) is 20.7 Å². The molecule has 5 nitrogen and oxygen atoms in total. The molecule has 3 aromatic rings. The minimum absolute atomic E-state index is 0.112. The van der Waals surface area contributed by atoms with Crippen LogP contribution in [0, 0.1) is 5.82 Å². The summed E-state index contributed by atoms with van der Waals surface area (Å²) in [5, 5.41) is 10.0. The van der Waals surface area contributed by atoms with Gasteiger partial charge in [-0.2, -0.15) is 16.9 Å². The highest BCUT2D eigenvalue weighted by atomic mass is 32.2. The van der Waals surface area contributed by atoms with E-state index < -0.39 is 0 Å². The van der Waals surface area contributed by atoms with Gasteiger partial charge in [-0.3, -0.25) is 9.48 Å². The van der Waals surface area contributed by atoms with Crippen LogP contribution in [0.4, 0.5) is 10.2 Å². The third kappa shape index (κ3) is 3.32. The van der Waals surface area contributed by atoms with Crippen molar-refractivity contribution in [1.29, 1.82) is 0 Å². The van der Waals surface area contributed by atoms with E-state index in [0.29, 0.717) is 5.69 Å². The van der Waals surface area contributed by atoms with Crippen molar-refractivity contribution in [3.05, 3.63) is 52.4 Å². The lowest BCUT2D eigenvalue weighted by atomic mass is 10.2. The Bertz CT molecular complexity index is 933. The van der Waals surface area contributed by atoms with Crippen LogP contribution >= 0.6 is 23.1 Å². The molecular weight excluding hydrogens is 359 g/mol. The second kappa shape index (κ2) is 6.61. The third-order valence-corrected chi connectivity index (χ3v) is 5.87. The van der Waals surface area contributed by atoms with Crippen LogP contribution in [0.1, 0.15) is 17.0 Å². The largest absolute Gasteiger partial charge is 0.310 e. The van der Waals surface area contributed by atoms with E-state index in [4.69, 9.17) is 0 Å². The summed E-state index contributed by atoms with van der Waals surface area (Å²) >= 11 is 3.25. The summed E-state index contributed by atoms with van der Waals surface area (Å²) in [6.45, 7) is 0. The number of aryl methyl sites for hydroxylation is 1. The van der Waals surface area contributed by atoms with Gasteiger partial charge >= 0.3 is 0 Å². The Balaban J connectivity index is 1.46. The SMILES string of the molecule is Cn1nc2c(c1NC(=O)Cc1csc(-c3ccc(F)cc3)n1)CSC2. The molecule has 0 fully saturated rings. The smallest absolute Gasteiger partial charge is 0.231 e. The summed E-state index contributed by atoms with van der Waals surface area (Å²) in [7, 11) is 1.84. The third-order valence-electron chi connectivity index (χ3n) is 3.96. The molecule has 1 amide bonds. The summed E-state index contributed by atoms with van der Waals surface area (Å²) in [6, 6.07) is 6.19. The topological polar surface area (TPSA) is 59.8 Å². The van der Waals surface area contributed by atoms with Crippen LogP contribution in [-0.2, 0) is 29.8 Å². The quantitative estimate of drug-likeness (QED) is 0.758. The molecule has 128 valence electrons. The van der Waals surface area contributed by atoms with Crippen molar-refractivity contribution in [2.24, 2.45) is 7.05 Å². The lowest BCUT2D eigenvalue weighted by Gasteiger charge is -2.06. The Morgan fingerprint density at radius 3 is 2.92 bits per heavy atom. The maximum absolute atomic E-state index is 13.0. The molecule has 1 aliphatic rings. The number of fused-ring (bicyclic) bond motifs is 1. The number of aromatic nitrogens is 3. The van der Waals surface area contributed by atoms with E-state index >= 15 is 0 Å². The van der Waals surface area contributed by atoms with Gasteiger partial charge in [-0.25, -0.2) is 9.37 Å². The predicted molar refractivity (Wildman–Crippen MR) is 98.0 cm³/mol. The highest BCUT2D eigenvalue weighted by Crippen LogP contribution is 2.34. The van der Waals surface area contributed by atoms with Crippen LogP contribution in [0.25, 0.3) is 10.6 Å². The molecule has 2 aromatic heterocycles. The Kier molecular flexibility index (Phi) is 4.30. The molecule has 8 heteroatoms. The Hall–Kier alpha value is -2.19. The number of nitrogens with zero attached hydrogens (tertiary/aromatic N) is 3. The molecular formula is C17H15FN4OS2. The maximum Gasteiger partial charge on any atom is 0.231 e. The van der Waals surface area contributed by atoms with Gasteiger partial charge in [-0.1, -0.05) is 0 Å². The maximum atomic E-state index is 13.0. The summed E-state index contributed by atoms with van der Waals surface area (Å²) in [5.74, 6) is 2.16. The fourth-order valence-corrected chi connectivity index (χ4v) is 4.61. The molecule has 3 heterocycles. The zero-order valence-electron chi connectivity index (χ0n) is 13.5. The molecule has 0 atom stereocenters.